The molecule has 2 aromatic rings. The minimum Gasteiger partial charge on any atom is -0.399 e. The average molecular weight is 391 g/mol. The number of carbonyl (C=O) groups is 1. The Morgan fingerprint density at radius 3 is 2.04 bits per heavy atom. The van der Waals surface area contributed by atoms with Gasteiger partial charge in [-0.3, -0.25) is 0 Å². The van der Waals surface area contributed by atoms with Crippen LogP contribution in [0.4, 0.5) is 20.6 Å². The van der Waals surface area contributed by atoms with E-state index in [0.717, 1.165) is 0 Å². The van der Waals surface area contributed by atoms with E-state index in [1.165, 1.54) is 6.07 Å². The van der Waals surface area contributed by atoms with E-state index in [4.69, 9.17) is 20.9 Å². The molecule has 5 nitrogen and oxygen atoms in total. The fourth-order valence-corrected chi connectivity index (χ4v) is 2.72. The van der Waals surface area contributed by atoms with Gasteiger partial charge in [-0.2, -0.15) is 0 Å². The van der Waals surface area contributed by atoms with Crippen molar-refractivity contribution in [2.75, 3.05) is 10.6 Å². The number of benzene rings is 2. The molecule has 142 valence electrons. The fourth-order valence-electron chi connectivity index (χ4n) is 2.59. The van der Waals surface area contributed by atoms with Crippen LogP contribution in [0.3, 0.4) is 0 Å². The van der Waals surface area contributed by atoms with Gasteiger partial charge in [0.25, 0.3) is 0 Å². The first-order chi connectivity index (χ1) is 12.6. The molecule has 0 radical (unpaired) electrons. The van der Waals surface area contributed by atoms with Gasteiger partial charge in [0.05, 0.1) is 11.2 Å². The highest BCUT2D eigenvalue weighted by Crippen LogP contribution is 2.36. The molecule has 0 bridgehead atoms. The normalized spacial score (nSPS) is 17.6. The first-order valence-electron chi connectivity index (χ1n) is 8.56. The molecule has 0 atom stereocenters. The van der Waals surface area contributed by atoms with Gasteiger partial charge in [0, 0.05) is 21.9 Å². The third-order valence-electron chi connectivity index (χ3n) is 4.87. The van der Waals surface area contributed by atoms with Gasteiger partial charge in [-0.15, -0.1) is 0 Å². The van der Waals surface area contributed by atoms with Crippen LogP contribution < -0.4 is 16.1 Å². The number of halogens is 2. The molecule has 1 fully saturated rings. The SMILES string of the molecule is CC1(C)OB(c2ccc(NC(=O)Nc3ccc(Cl)cc3)cc2F)OC1(C)C. The van der Waals surface area contributed by atoms with Crippen LogP contribution in [-0.4, -0.2) is 24.4 Å². The summed E-state index contributed by atoms with van der Waals surface area (Å²) < 4.78 is 26.3. The van der Waals surface area contributed by atoms with Crippen LogP contribution in [0.2, 0.25) is 5.02 Å². The minimum absolute atomic E-state index is 0.289. The highest BCUT2D eigenvalue weighted by atomic mass is 35.5. The number of carbonyl (C=O) groups excluding carboxylic acids is 1. The van der Waals surface area contributed by atoms with Gasteiger partial charge in [0.15, 0.2) is 0 Å². The van der Waals surface area contributed by atoms with Crippen LogP contribution in [0.25, 0.3) is 0 Å². The Morgan fingerprint density at radius 1 is 0.963 bits per heavy atom. The van der Waals surface area contributed by atoms with Crippen molar-refractivity contribution in [2.24, 2.45) is 0 Å². The van der Waals surface area contributed by atoms with Crippen LogP contribution in [0.15, 0.2) is 42.5 Å². The lowest BCUT2D eigenvalue weighted by molar-refractivity contribution is 0.00578. The molecule has 0 aliphatic carbocycles. The standard InChI is InChI=1S/C19H21BClFN2O3/c1-18(2)19(3,4)27-20(26-18)15-10-9-14(11-16(15)22)24-17(25)23-13-7-5-12(21)6-8-13/h5-11H,1-4H3,(H2,23,24,25). The number of hydrogen-bond donors (Lipinski definition) is 2. The van der Waals surface area contributed by atoms with Crippen LogP contribution in [0, 0.1) is 5.82 Å². The van der Waals surface area contributed by atoms with Gasteiger partial charge < -0.3 is 19.9 Å². The monoisotopic (exact) mass is 390 g/mol. The number of rotatable bonds is 3. The van der Waals surface area contributed by atoms with Crippen molar-refractivity contribution in [2.45, 2.75) is 38.9 Å². The second kappa shape index (κ2) is 7.15. The van der Waals surface area contributed by atoms with Crippen molar-refractivity contribution in [3.05, 3.63) is 53.3 Å². The van der Waals surface area contributed by atoms with Gasteiger partial charge in [-0.25, -0.2) is 9.18 Å². The highest BCUT2D eigenvalue weighted by molar-refractivity contribution is 6.62. The maximum Gasteiger partial charge on any atom is 0.497 e. The lowest BCUT2D eigenvalue weighted by Crippen LogP contribution is -2.41. The zero-order valence-corrected chi connectivity index (χ0v) is 16.4. The van der Waals surface area contributed by atoms with Gasteiger partial charge in [0.2, 0.25) is 0 Å². The maximum absolute atomic E-state index is 14.6. The van der Waals surface area contributed by atoms with E-state index in [1.54, 1.807) is 36.4 Å². The Balaban J connectivity index is 1.68. The van der Waals surface area contributed by atoms with Gasteiger partial charge in [0.1, 0.15) is 5.82 Å². The number of nitrogens with one attached hydrogen (secondary N) is 2. The van der Waals surface area contributed by atoms with Crippen LogP contribution >= 0.6 is 11.6 Å². The summed E-state index contributed by atoms with van der Waals surface area (Å²) in [4.78, 5) is 12.1. The summed E-state index contributed by atoms with van der Waals surface area (Å²) in [5.74, 6) is -0.516. The number of anilines is 2. The molecule has 1 aliphatic heterocycles. The van der Waals surface area contributed by atoms with Crippen LogP contribution in [0.5, 0.6) is 0 Å². The van der Waals surface area contributed by atoms with Crippen molar-refractivity contribution in [1.82, 2.24) is 0 Å². The first kappa shape index (κ1) is 19.7. The Kier molecular flexibility index (Phi) is 5.21. The molecule has 0 spiro atoms. The van der Waals surface area contributed by atoms with Gasteiger partial charge in [-0.1, -0.05) is 17.7 Å². The maximum atomic E-state index is 14.6. The Bertz CT molecular complexity index is 843. The Labute approximate surface area is 163 Å². The van der Waals surface area contributed by atoms with Crippen molar-refractivity contribution >= 4 is 41.6 Å². The third-order valence-corrected chi connectivity index (χ3v) is 5.12. The zero-order chi connectivity index (χ0) is 19.8. The molecule has 1 saturated heterocycles. The molecular formula is C19H21BClFN2O3. The topological polar surface area (TPSA) is 59.6 Å². The molecule has 2 amide bonds. The van der Waals surface area contributed by atoms with Crippen molar-refractivity contribution in [1.29, 1.82) is 0 Å². The van der Waals surface area contributed by atoms with Crippen LogP contribution in [0.1, 0.15) is 27.7 Å². The Hall–Kier alpha value is -2.09. The van der Waals surface area contributed by atoms with Gasteiger partial charge in [-0.05, 0) is 64.1 Å². The van der Waals surface area contributed by atoms with Crippen molar-refractivity contribution < 1.29 is 18.5 Å². The summed E-state index contributed by atoms with van der Waals surface area (Å²) >= 11 is 5.81. The van der Waals surface area contributed by atoms with E-state index in [0.29, 0.717) is 16.4 Å². The highest BCUT2D eigenvalue weighted by Gasteiger charge is 2.52. The van der Waals surface area contributed by atoms with E-state index in [-0.39, 0.29) is 5.46 Å². The lowest BCUT2D eigenvalue weighted by atomic mass is 9.78. The molecule has 2 N–H and O–H groups in total. The molecule has 3 rings (SSSR count). The molecule has 1 heterocycles. The predicted octanol–water partition coefficient (Wildman–Crippen LogP) is 4.42. The number of urea groups is 1. The van der Waals surface area contributed by atoms with E-state index in [1.807, 2.05) is 27.7 Å². The summed E-state index contributed by atoms with van der Waals surface area (Å²) in [5.41, 5.74) is 0.0710. The predicted molar refractivity (Wildman–Crippen MR) is 106 cm³/mol. The summed E-state index contributed by atoms with van der Waals surface area (Å²) in [6, 6.07) is 10.6. The van der Waals surface area contributed by atoms with Crippen LogP contribution in [-0.2, 0) is 9.31 Å². The van der Waals surface area contributed by atoms with Gasteiger partial charge >= 0.3 is 13.1 Å². The van der Waals surface area contributed by atoms with E-state index in [2.05, 4.69) is 10.6 Å². The molecule has 0 saturated carbocycles. The van der Waals surface area contributed by atoms with E-state index in [9.17, 15) is 9.18 Å². The minimum atomic E-state index is -0.799. The molecule has 8 heteroatoms. The van der Waals surface area contributed by atoms with Crippen molar-refractivity contribution in [3.63, 3.8) is 0 Å². The van der Waals surface area contributed by atoms with E-state index < -0.39 is 30.2 Å². The third kappa shape index (κ3) is 4.26. The molecule has 1 aliphatic rings. The Morgan fingerprint density at radius 2 is 1.48 bits per heavy atom. The zero-order valence-electron chi connectivity index (χ0n) is 15.6. The lowest BCUT2D eigenvalue weighted by Gasteiger charge is -2.32. The van der Waals surface area contributed by atoms with Crippen molar-refractivity contribution in [3.8, 4) is 0 Å². The molecule has 0 aromatic heterocycles. The van der Waals surface area contributed by atoms with E-state index >= 15 is 0 Å². The summed E-state index contributed by atoms with van der Waals surface area (Å²) in [5, 5.41) is 5.81. The largest absolute Gasteiger partial charge is 0.497 e. The first-order valence-corrected chi connectivity index (χ1v) is 8.94. The molecule has 0 unspecified atom stereocenters. The molecule has 27 heavy (non-hydrogen) atoms. The average Bonchev–Trinajstić information content (AvgIpc) is 2.77. The smallest absolute Gasteiger partial charge is 0.399 e. The fraction of sp³-hybridized carbons (Fsp3) is 0.316. The molecular weight excluding hydrogens is 369 g/mol. The quantitative estimate of drug-likeness (QED) is 0.763. The second-order valence-electron chi connectivity index (χ2n) is 7.41. The molecule has 2 aromatic carbocycles. The summed E-state index contributed by atoms with van der Waals surface area (Å²) in [7, 11) is -0.799. The second-order valence-corrected chi connectivity index (χ2v) is 7.85. The summed E-state index contributed by atoms with van der Waals surface area (Å²) in [6.45, 7) is 7.62. The number of hydrogen-bond acceptors (Lipinski definition) is 3. The summed E-state index contributed by atoms with van der Waals surface area (Å²) in [6.07, 6.45) is 0. The number of amides is 2.